The van der Waals surface area contributed by atoms with Crippen LogP contribution in [0.1, 0.15) is 39.3 Å². The molecule has 3 heteroatoms. The highest BCUT2D eigenvalue weighted by Crippen LogP contribution is 2.47. The summed E-state index contributed by atoms with van der Waals surface area (Å²) in [7, 11) is 0. The first-order valence-electron chi connectivity index (χ1n) is 6.21. The molecular weight excluding hydrogens is 250 g/mol. The molecule has 0 spiro atoms. The Morgan fingerprint density at radius 1 is 1.29 bits per heavy atom. The fourth-order valence-electron chi connectivity index (χ4n) is 2.34. The number of nitrogens with one attached hydrogen (secondary N) is 1. The monoisotopic (exact) mass is 269 g/mol. The first-order chi connectivity index (χ1) is 8.00. The number of thioether (sulfide) groups is 1. The summed E-state index contributed by atoms with van der Waals surface area (Å²) in [6.07, 6.45) is 0. The molecule has 1 N–H and O–H groups in total. The smallest absolute Gasteiger partial charge is 0.0545 e. The van der Waals surface area contributed by atoms with Crippen LogP contribution in [0.4, 0.5) is 0 Å². The second-order valence-corrected chi connectivity index (χ2v) is 6.93. The van der Waals surface area contributed by atoms with E-state index in [4.69, 9.17) is 11.6 Å². The molecule has 0 amide bonds. The van der Waals surface area contributed by atoms with E-state index in [1.165, 1.54) is 10.5 Å². The molecule has 1 aliphatic heterocycles. The molecule has 94 valence electrons. The van der Waals surface area contributed by atoms with E-state index in [-0.39, 0.29) is 0 Å². The maximum Gasteiger partial charge on any atom is 0.0545 e. The molecule has 3 atom stereocenters. The van der Waals surface area contributed by atoms with Gasteiger partial charge in [0, 0.05) is 22.2 Å². The van der Waals surface area contributed by atoms with E-state index in [9.17, 15) is 0 Å². The predicted molar refractivity (Wildman–Crippen MR) is 76.9 cm³/mol. The van der Waals surface area contributed by atoms with Crippen LogP contribution in [0.25, 0.3) is 0 Å². The van der Waals surface area contributed by atoms with E-state index in [2.05, 4.69) is 45.1 Å². The molecule has 3 unspecified atom stereocenters. The number of hydrogen-bond acceptors (Lipinski definition) is 2. The Labute approximate surface area is 113 Å². The van der Waals surface area contributed by atoms with Crippen LogP contribution in [0.15, 0.2) is 23.1 Å². The minimum atomic E-state index is 0.417. The first kappa shape index (κ1) is 13.3. The maximum absolute atomic E-state index is 6.31. The van der Waals surface area contributed by atoms with Crippen molar-refractivity contribution >= 4 is 23.4 Å². The van der Waals surface area contributed by atoms with Gasteiger partial charge in [-0.25, -0.2) is 0 Å². The highest BCUT2D eigenvalue weighted by Gasteiger charge is 2.33. The van der Waals surface area contributed by atoms with Crippen molar-refractivity contribution in [1.29, 1.82) is 0 Å². The highest BCUT2D eigenvalue weighted by atomic mass is 35.5. The molecular formula is C14H20ClNS. The van der Waals surface area contributed by atoms with Gasteiger partial charge in [-0.15, -0.1) is 11.8 Å². The Hall–Kier alpha value is -0.180. The molecule has 0 bridgehead atoms. The zero-order valence-corrected chi connectivity index (χ0v) is 12.4. The molecule has 1 aromatic rings. The van der Waals surface area contributed by atoms with Gasteiger partial charge in [0.25, 0.3) is 0 Å². The van der Waals surface area contributed by atoms with Gasteiger partial charge in [-0.05, 0) is 17.5 Å². The van der Waals surface area contributed by atoms with Crippen molar-refractivity contribution in [3.8, 4) is 0 Å². The standard InChI is InChI=1S/C14H20ClNS/c1-8(2)16-13-9(3)10(4)17-14-11(13)6-5-7-12(14)15/h5-10,13,16H,1-4H3. The summed E-state index contributed by atoms with van der Waals surface area (Å²) in [5.74, 6) is 0.619. The van der Waals surface area contributed by atoms with Crippen molar-refractivity contribution in [2.75, 3.05) is 0 Å². The van der Waals surface area contributed by atoms with Gasteiger partial charge >= 0.3 is 0 Å². The lowest BCUT2D eigenvalue weighted by Gasteiger charge is -2.37. The van der Waals surface area contributed by atoms with E-state index in [1.807, 2.05) is 17.8 Å². The van der Waals surface area contributed by atoms with Gasteiger partial charge in [-0.1, -0.05) is 51.4 Å². The zero-order chi connectivity index (χ0) is 12.6. The van der Waals surface area contributed by atoms with Gasteiger partial charge < -0.3 is 5.32 Å². The van der Waals surface area contributed by atoms with Crippen LogP contribution in [-0.2, 0) is 0 Å². The van der Waals surface area contributed by atoms with E-state index in [0.717, 1.165) is 5.02 Å². The van der Waals surface area contributed by atoms with E-state index < -0.39 is 0 Å². The Morgan fingerprint density at radius 2 is 2.00 bits per heavy atom. The molecule has 1 nitrogen and oxygen atoms in total. The average molecular weight is 270 g/mol. The zero-order valence-electron chi connectivity index (χ0n) is 10.8. The number of fused-ring (bicyclic) bond motifs is 1. The van der Waals surface area contributed by atoms with Gasteiger partial charge in [-0.3, -0.25) is 0 Å². The topological polar surface area (TPSA) is 12.0 Å². The van der Waals surface area contributed by atoms with Crippen molar-refractivity contribution < 1.29 is 0 Å². The second kappa shape index (κ2) is 5.21. The van der Waals surface area contributed by atoms with Gasteiger partial charge in [0.15, 0.2) is 0 Å². The molecule has 1 aliphatic rings. The molecule has 0 saturated heterocycles. The van der Waals surface area contributed by atoms with Crippen molar-refractivity contribution in [1.82, 2.24) is 5.32 Å². The van der Waals surface area contributed by atoms with Crippen LogP contribution in [0, 0.1) is 5.92 Å². The molecule has 0 aromatic heterocycles. The average Bonchev–Trinajstić information content (AvgIpc) is 2.26. The number of benzene rings is 1. The summed E-state index contributed by atoms with van der Waals surface area (Å²) in [5.41, 5.74) is 1.36. The minimum Gasteiger partial charge on any atom is -0.307 e. The maximum atomic E-state index is 6.31. The van der Waals surface area contributed by atoms with Crippen LogP contribution in [0.2, 0.25) is 5.02 Å². The van der Waals surface area contributed by atoms with Crippen LogP contribution in [-0.4, -0.2) is 11.3 Å². The number of halogens is 1. The summed E-state index contributed by atoms with van der Waals surface area (Å²) in [4.78, 5) is 1.26. The number of hydrogen-bond donors (Lipinski definition) is 1. The van der Waals surface area contributed by atoms with E-state index in [0.29, 0.717) is 23.3 Å². The molecule has 17 heavy (non-hydrogen) atoms. The molecule has 2 rings (SSSR count). The first-order valence-corrected chi connectivity index (χ1v) is 7.47. The lowest BCUT2D eigenvalue weighted by atomic mass is 9.91. The Bertz CT molecular complexity index is 405. The van der Waals surface area contributed by atoms with Crippen molar-refractivity contribution in [2.24, 2.45) is 5.92 Å². The van der Waals surface area contributed by atoms with Crippen LogP contribution in [0.5, 0.6) is 0 Å². The third kappa shape index (κ3) is 2.64. The SMILES string of the molecule is CC(C)NC1c2cccc(Cl)c2SC(C)C1C. The van der Waals surface area contributed by atoms with Crippen LogP contribution >= 0.6 is 23.4 Å². The van der Waals surface area contributed by atoms with Crippen molar-refractivity contribution in [2.45, 2.75) is 49.9 Å². The summed E-state index contributed by atoms with van der Waals surface area (Å²) >= 11 is 8.21. The normalized spacial score (nSPS) is 28.2. The van der Waals surface area contributed by atoms with Gasteiger partial charge in [0.2, 0.25) is 0 Å². The molecule has 0 fully saturated rings. The third-order valence-corrected chi connectivity index (χ3v) is 5.33. The van der Waals surface area contributed by atoms with Crippen molar-refractivity contribution in [3.05, 3.63) is 28.8 Å². The fourth-order valence-corrected chi connectivity index (χ4v) is 3.91. The predicted octanol–water partition coefficient (Wildman–Crippen LogP) is 4.51. The second-order valence-electron chi connectivity index (χ2n) is 5.14. The van der Waals surface area contributed by atoms with Crippen LogP contribution < -0.4 is 5.32 Å². The Morgan fingerprint density at radius 3 is 2.65 bits per heavy atom. The van der Waals surface area contributed by atoms with E-state index >= 15 is 0 Å². The summed E-state index contributed by atoms with van der Waals surface area (Å²) < 4.78 is 0. The Kier molecular flexibility index (Phi) is 4.06. The summed E-state index contributed by atoms with van der Waals surface area (Å²) in [6, 6.07) is 7.16. The quantitative estimate of drug-likeness (QED) is 0.848. The molecule has 0 saturated carbocycles. The number of rotatable bonds is 2. The largest absolute Gasteiger partial charge is 0.307 e. The van der Waals surface area contributed by atoms with Gasteiger partial charge in [-0.2, -0.15) is 0 Å². The Balaban J connectivity index is 2.41. The van der Waals surface area contributed by atoms with Crippen molar-refractivity contribution in [3.63, 3.8) is 0 Å². The minimum absolute atomic E-state index is 0.417. The molecule has 1 aromatic carbocycles. The molecule has 0 radical (unpaired) electrons. The third-order valence-electron chi connectivity index (χ3n) is 3.42. The summed E-state index contributed by atoms with van der Waals surface area (Å²) in [6.45, 7) is 9.00. The lowest BCUT2D eigenvalue weighted by Crippen LogP contribution is -2.38. The van der Waals surface area contributed by atoms with Crippen LogP contribution in [0.3, 0.4) is 0 Å². The van der Waals surface area contributed by atoms with E-state index in [1.54, 1.807) is 0 Å². The fraction of sp³-hybridized carbons (Fsp3) is 0.571. The lowest BCUT2D eigenvalue weighted by molar-refractivity contribution is 0.348. The summed E-state index contributed by atoms with van der Waals surface area (Å²) in [5, 5.41) is 5.16. The van der Waals surface area contributed by atoms with Gasteiger partial charge in [0.05, 0.1) is 5.02 Å². The molecule has 0 aliphatic carbocycles. The van der Waals surface area contributed by atoms with Gasteiger partial charge in [0.1, 0.15) is 0 Å². The highest BCUT2D eigenvalue weighted by molar-refractivity contribution is 8.00. The molecule has 1 heterocycles.